The van der Waals surface area contributed by atoms with E-state index in [9.17, 15) is 14.0 Å². The molecule has 2 amide bonds. The second-order valence-corrected chi connectivity index (χ2v) is 9.60. The predicted molar refractivity (Wildman–Crippen MR) is 146 cm³/mol. The first-order valence-corrected chi connectivity index (χ1v) is 12.5. The molecule has 1 aromatic heterocycles. The number of aromatic nitrogens is 2. The average Bonchev–Trinajstić information content (AvgIpc) is 3.32. The first-order valence-electron chi connectivity index (χ1n) is 12.1. The molecule has 0 saturated carbocycles. The summed E-state index contributed by atoms with van der Waals surface area (Å²) in [4.78, 5) is 32.5. The van der Waals surface area contributed by atoms with Crippen LogP contribution in [0.15, 0.2) is 79.0 Å². The number of rotatable bonds is 9. The van der Waals surface area contributed by atoms with Gasteiger partial charge in [-0.2, -0.15) is 0 Å². The Balaban J connectivity index is 1.62. The molecule has 0 atom stereocenters. The van der Waals surface area contributed by atoms with Gasteiger partial charge in [0.25, 0.3) is 5.91 Å². The van der Waals surface area contributed by atoms with Gasteiger partial charge in [-0.25, -0.2) is 9.37 Å². The minimum absolute atomic E-state index is 0.116. The molecule has 0 saturated heterocycles. The first kappa shape index (κ1) is 26.9. The van der Waals surface area contributed by atoms with E-state index < -0.39 is 11.7 Å². The van der Waals surface area contributed by atoms with Crippen LogP contribution in [-0.2, 0) is 4.79 Å². The fraction of sp³-hybridized carbons (Fsp3) is 0.207. The van der Waals surface area contributed by atoms with Gasteiger partial charge in [0.1, 0.15) is 18.1 Å². The molecule has 0 aliphatic carbocycles. The van der Waals surface area contributed by atoms with Gasteiger partial charge in [-0.15, -0.1) is 0 Å². The number of imidazole rings is 1. The van der Waals surface area contributed by atoms with Crippen molar-refractivity contribution in [3.63, 3.8) is 0 Å². The number of nitrogens with one attached hydrogen (secondary N) is 1. The van der Waals surface area contributed by atoms with Crippen molar-refractivity contribution < 1.29 is 18.7 Å². The van der Waals surface area contributed by atoms with Crippen molar-refractivity contribution in [2.45, 2.75) is 13.8 Å². The van der Waals surface area contributed by atoms with Crippen molar-refractivity contribution in [3.8, 4) is 22.7 Å². The maximum atomic E-state index is 13.4. The van der Waals surface area contributed by atoms with Crippen LogP contribution in [0.4, 0.5) is 10.3 Å². The minimum atomic E-state index is -0.434. The number of hydrogen-bond donors (Lipinski definition) is 1. The van der Waals surface area contributed by atoms with Crippen molar-refractivity contribution in [1.82, 2.24) is 14.5 Å². The Morgan fingerprint density at radius 3 is 2.29 bits per heavy atom. The van der Waals surface area contributed by atoms with E-state index in [2.05, 4.69) is 10.3 Å². The van der Waals surface area contributed by atoms with E-state index in [1.54, 1.807) is 23.8 Å². The van der Waals surface area contributed by atoms with E-state index in [4.69, 9.17) is 16.3 Å². The molecular formula is C29H28ClFN4O3. The number of benzene rings is 3. The number of anilines is 1. The first-order chi connectivity index (χ1) is 18.2. The third kappa shape index (κ3) is 6.58. The SMILES string of the molecule is COc1ccc(-n2cc(-c3ccc(Cl)cc3)nc2NC(=O)CN(CC(C)C)C(=O)c2ccc(F)cc2)cc1. The van der Waals surface area contributed by atoms with Gasteiger partial charge in [0.15, 0.2) is 0 Å². The fourth-order valence-electron chi connectivity index (χ4n) is 3.94. The lowest BCUT2D eigenvalue weighted by atomic mass is 10.1. The Kier molecular flexibility index (Phi) is 8.43. The van der Waals surface area contributed by atoms with Gasteiger partial charge in [-0.1, -0.05) is 37.6 Å². The van der Waals surface area contributed by atoms with Gasteiger partial charge >= 0.3 is 0 Å². The van der Waals surface area contributed by atoms with Crippen molar-refractivity contribution in [3.05, 3.63) is 95.4 Å². The molecule has 7 nitrogen and oxygen atoms in total. The maximum absolute atomic E-state index is 13.4. The summed E-state index contributed by atoms with van der Waals surface area (Å²) in [6, 6.07) is 19.9. The molecule has 0 spiro atoms. The van der Waals surface area contributed by atoms with Crippen LogP contribution in [0, 0.1) is 11.7 Å². The predicted octanol–water partition coefficient (Wildman–Crippen LogP) is 6.08. The molecular weight excluding hydrogens is 507 g/mol. The second kappa shape index (κ2) is 11.9. The molecule has 0 unspecified atom stereocenters. The number of hydrogen-bond acceptors (Lipinski definition) is 4. The van der Waals surface area contributed by atoms with E-state index in [-0.39, 0.29) is 18.4 Å². The van der Waals surface area contributed by atoms with Gasteiger partial charge in [0.2, 0.25) is 11.9 Å². The normalized spacial score (nSPS) is 10.9. The van der Waals surface area contributed by atoms with Crippen LogP contribution in [-0.4, -0.2) is 46.5 Å². The highest BCUT2D eigenvalue weighted by molar-refractivity contribution is 6.30. The number of ether oxygens (including phenoxy) is 1. The summed E-state index contributed by atoms with van der Waals surface area (Å²) < 4.78 is 20.4. The molecule has 1 heterocycles. The number of methoxy groups -OCH3 is 1. The fourth-order valence-corrected chi connectivity index (χ4v) is 4.07. The van der Waals surface area contributed by atoms with E-state index in [0.717, 1.165) is 11.3 Å². The summed E-state index contributed by atoms with van der Waals surface area (Å²) in [5.74, 6) is -0.0928. The Morgan fingerprint density at radius 1 is 1.03 bits per heavy atom. The second-order valence-electron chi connectivity index (χ2n) is 9.16. The zero-order valence-electron chi connectivity index (χ0n) is 21.3. The van der Waals surface area contributed by atoms with Crippen molar-refractivity contribution in [2.75, 3.05) is 25.5 Å². The highest BCUT2D eigenvalue weighted by atomic mass is 35.5. The third-order valence-corrected chi connectivity index (χ3v) is 6.00. The van der Waals surface area contributed by atoms with Crippen molar-refractivity contribution in [2.24, 2.45) is 5.92 Å². The Bertz CT molecular complexity index is 1400. The third-order valence-electron chi connectivity index (χ3n) is 5.75. The summed E-state index contributed by atoms with van der Waals surface area (Å²) in [7, 11) is 1.59. The molecule has 0 aliphatic rings. The van der Waals surface area contributed by atoms with Crippen LogP contribution >= 0.6 is 11.6 Å². The van der Waals surface area contributed by atoms with Crippen LogP contribution < -0.4 is 10.1 Å². The summed E-state index contributed by atoms with van der Waals surface area (Å²) >= 11 is 6.05. The molecule has 4 rings (SSSR count). The maximum Gasteiger partial charge on any atom is 0.254 e. The van der Waals surface area contributed by atoms with Crippen LogP contribution in [0.25, 0.3) is 16.9 Å². The Labute approximate surface area is 225 Å². The van der Waals surface area contributed by atoms with Gasteiger partial charge in [-0.05, 0) is 66.6 Å². The van der Waals surface area contributed by atoms with E-state index in [1.165, 1.54) is 29.2 Å². The zero-order chi connectivity index (χ0) is 27.2. The molecule has 4 aromatic rings. The number of carbonyl (C=O) groups is 2. The largest absolute Gasteiger partial charge is 0.497 e. The molecule has 0 aliphatic heterocycles. The van der Waals surface area contributed by atoms with E-state index >= 15 is 0 Å². The quantitative estimate of drug-likeness (QED) is 0.282. The monoisotopic (exact) mass is 534 g/mol. The smallest absolute Gasteiger partial charge is 0.254 e. The lowest BCUT2D eigenvalue weighted by Crippen LogP contribution is -2.40. The lowest BCUT2D eigenvalue weighted by molar-refractivity contribution is -0.117. The summed E-state index contributed by atoms with van der Waals surface area (Å²) in [6.45, 7) is 4.07. The number of halogens is 2. The molecule has 9 heteroatoms. The van der Waals surface area contributed by atoms with Gasteiger partial charge < -0.3 is 9.64 Å². The van der Waals surface area contributed by atoms with Crippen LogP contribution in [0.1, 0.15) is 24.2 Å². The van der Waals surface area contributed by atoms with Gasteiger partial charge in [-0.3, -0.25) is 19.5 Å². The molecule has 38 heavy (non-hydrogen) atoms. The van der Waals surface area contributed by atoms with Crippen LogP contribution in [0.2, 0.25) is 5.02 Å². The summed E-state index contributed by atoms with van der Waals surface area (Å²) in [5.41, 5.74) is 2.53. The van der Waals surface area contributed by atoms with Crippen molar-refractivity contribution >= 4 is 29.4 Å². The standard InChI is InChI=1S/C29H28ClFN4O3/c1-19(2)16-34(28(37)21-6-10-23(31)11-7-21)18-27(36)33-29-32-26(20-4-8-22(30)9-5-20)17-35(29)24-12-14-25(38-3)15-13-24/h4-15,17,19H,16,18H2,1-3H3,(H,32,33,36). The van der Waals surface area contributed by atoms with Gasteiger partial charge in [0, 0.05) is 34.6 Å². The number of amides is 2. The summed E-state index contributed by atoms with van der Waals surface area (Å²) in [5, 5.41) is 3.46. The number of carbonyl (C=O) groups excluding carboxylic acids is 2. The van der Waals surface area contributed by atoms with E-state index in [1.807, 2.05) is 56.4 Å². The molecule has 0 fully saturated rings. The van der Waals surface area contributed by atoms with E-state index in [0.29, 0.717) is 34.5 Å². The Morgan fingerprint density at radius 2 is 1.68 bits per heavy atom. The van der Waals surface area contributed by atoms with Crippen LogP contribution in [0.5, 0.6) is 5.75 Å². The molecule has 0 radical (unpaired) electrons. The molecule has 196 valence electrons. The van der Waals surface area contributed by atoms with Crippen LogP contribution in [0.3, 0.4) is 0 Å². The lowest BCUT2D eigenvalue weighted by Gasteiger charge is -2.24. The minimum Gasteiger partial charge on any atom is -0.497 e. The molecule has 1 N–H and O–H groups in total. The zero-order valence-corrected chi connectivity index (χ0v) is 22.1. The Hall–Kier alpha value is -4.17. The molecule has 0 bridgehead atoms. The average molecular weight is 535 g/mol. The topological polar surface area (TPSA) is 76.5 Å². The summed E-state index contributed by atoms with van der Waals surface area (Å²) in [6.07, 6.45) is 1.82. The molecule has 3 aromatic carbocycles. The number of nitrogens with zero attached hydrogens (tertiary/aromatic N) is 3. The highest BCUT2D eigenvalue weighted by Gasteiger charge is 2.22. The van der Waals surface area contributed by atoms with Crippen molar-refractivity contribution in [1.29, 1.82) is 0 Å². The van der Waals surface area contributed by atoms with Gasteiger partial charge in [0.05, 0.1) is 12.8 Å². The highest BCUT2D eigenvalue weighted by Crippen LogP contribution is 2.26.